The molecule has 29 heavy (non-hydrogen) atoms. The van der Waals surface area contributed by atoms with Crippen molar-refractivity contribution >= 4 is 16.8 Å². The van der Waals surface area contributed by atoms with Gasteiger partial charge in [-0.05, 0) is 37.6 Å². The lowest BCUT2D eigenvalue weighted by Gasteiger charge is -2.12. The Kier molecular flexibility index (Phi) is 4.96. The summed E-state index contributed by atoms with van der Waals surface area (Å²) in [4.78, 5) is 32.8. The van der Waals surface area contributed by atoms with Gasteiger partial charge in [-0.3, -0.25) is 9.59 Å². The van der Waals surface area contributed by atoms with Crippen LogP contribution in [-0.2, 0) is 6.54 Å². The molecular formula is C24H21N3O2. The zero-order valence-corrected chi connectivity index (χ0v) is 16.3. The van der Waals surface area contributed by atoms with Crippen LogP contribution in [0.4, 0.5) is 0 Å². The lowest BCUT2D eigenvalue weighted by Crippen LogP contribution is -2.28. The predicted octanol–water partition coefficient (Wildman–Crippen LogP) is 4.14. The van der Waals surface area contributed by atoms with Crippen LogP contribution in [0.15, 0.2) is 71.5 Å². The number of carbonyl (C=O) groups excluding carboxylic acids is 1. The van der Waals surface area contributed by atoms with Crippen molar-refractivity contribution in [2.75, 3.05) is 0 Å². The van der Waals surface area contributed by atoms with E-state index in [4.69, 9.17) is 4.98 Å². The number of aryl methyl sites for hydroxylation is 2. The van der Waals surface area contributed by atoms with Gasteiger partial charge in [0.2, 0.25) is 0 Å². The van der Waals surface area contributed by atoms with Gasteiger partial charge in [-0.2, -0.15) is 0 Å². The van der Waals surface area contributed by atoms with E-state index in [0.717, 1.165) is 33.4 Å². The topological polar surface area (TPSA) is 74.8 Å². The van der Waals surface area contributed by atoms with Crippen molar-refractivity contribution in [2.24, 2.45) is 0 Å². The van der Waals surface area contributed by atoms with Gasteiger partial charge in [0.15, 0.2) is 0 Å². The molecule has 0 radical (unpaired) electrons. The average Bonchev–Trinajstić information content (AvgIpc) is 2.72. The van der Waals surface area contributed by atoms with Crippen LogP contribution in [0.25, 0.3) is 22.2 Å². The first kappa shape index (κ1) is 18.6. The molecule has 0 saturated heterocycles. The third-order valence-electron chi connectivity index (χ3n) is 4.95. The van der Waals surface area contributed by atoms with E-state index in [9.17, 15) is 9.59 Å². The number of benzene rings is 2. The number of nitrogens with zero attached hydrogens (tertiary/aromatic N) is 1. The molecule has 5 nitrogen and oxygen atoms in total. The Bertz CT molecular complexity index is 1260. The SMILES string of the molecule is Cc1cc(C)c(CNC(=O)c2cc(-c3ccccc3)nc3ccccc23)c(=O)[nH]1. The monoisotopic (exact) mass is 383 g/mol. The molecule has 0 atom stereocenters. The lowest BCUT2D eigenvalue weighted by atomic mass is 10.0. The van der Waals surface area contributed by atoms with Gasteiger partial charge in [0.1, 0.15) is 0 Å². The molecule has 1 amide bonds. The van der Waals surface area contributed by atoms with Gasteiger partial charge in [-0.25, -0.2) is 4.98 Å². The molecule has 0 aliphatic rings. The van der Waals surface area contributed by atoms with Crippen molar-refractivity contribution in [3.63, 3.8) is 0 Å². The fourth-order valence-corrected chi connectivity index (χ4v) is 3.49. The Morgan fingerprint density at radius 3 is 2.48 bits per heavy atom. The Hall–Kier alpha value is -3.73. The summed E-state index contributed by atoms with van der Waals surface area (Å²) in [7, 11) is 0. The van der Waals surface area contributed by atoms with E-state index in [1.807, 2.05) is 74.5 Å². The molecule has 2 N–H and O–H groups in total. The second-order valence-corrected chi connectivity index (χ2v) is 7.06. The Morgan fingerprint density at radius 1 is 1.00 bits per heavy atom. The smallest absolute Gasteiger partial charge is 0.253 e. The van der Waals surface area contributed by atoms with Gasteiger partial charge in [0.05, 0.1) is 16.8 Å². The Balaban J connectivity index is 1.71. The van der Waals surface area contributed by atoms with Crippen LogP contribution in [0.2, 0.25) is 0 Å². The molecule has 144 valence electrons. The molecule has 0 unspecified atom stereocenters. The van der Waals surface area contributed by atoms with Gasteiger partial charge >= 0.3 is 0 Å². The number of aromatic nitrogens is 2. The summed E-state index contributed by atoms with van der Waals surface area (Å²) in [5.74, 6) is -0.236. The zero-order valence-electron chi connectivity index (χ0n) is 16.3. The predicted molar refractivity (Wildman–Crippen MR) is 115 cm³/mol. The summed E-state index contributed by atoms with van der Waals surface area (Å²) < 4.78 is 0. The van der Waals surface area contributed by atoms with E-state index < -0.39 is 0 Å². The first-order chi connectivity index (χ1) is 14.0. The minimum atomic E-state index is -0.236. The van der Waals surface area contributed by atoms with Gasteiger partial charge in [-0.1, -0.05) is 48.5 Å². The van der Waals surface area contributed by atoms with E-state index in [-0.39, 0.29) is 18.0 Å². The number of pyridine rings is 2. The number of para-hydroxylation sites is 1. The van der Waals surface area contributed by atoms with Crippen molar-refractivity contribution in [3.8, 4) is 11.3 Å². The molecule has 0 aliphatic heterocycles. The second-order valence-electron chi connectivity index (χ2n) is 7.06. The highest BCUT2D eigenvalue weighted by Gasteiger charge is 2.15. The van der Waals surface area contributed by atoms with Gasteiger partial charge in [0, 0.05) is 28.8 Å². The molecule has 2 aromatic heterocycles. The maximum Gasteiger partial charge on any atom is 0.253 e. The standard InChI is InChI=1S/C24H21N3O2/c1-15-12-16(2)26-24(29)20(15)14-25-23(28)19-13-22(17-8-4-3-5-9-17)27-21-11-7-6-10-18(19)21/h3-13H,14H2,1-2H3,(H,25,28)(H,26,29). The van der Waals surface area contributed by atoms with E-state index in [2.05, 4.69) is 10.3 Å². The summed E-state index contributed by atoms with van der Waals surface area (Å²) >= 11 is 0. The summed E-state index contributed by atoms with van der Waals surface area (Å²) in [6, 6.07) is 21.0. The van der Waals surface area contributed by atoms with E-state index in [1.54, 1.807) is 6.07 Å². The molecule has 0 bridgehead atoms. The molecule has 0 fully saturated rings. The Morgan fingerprint density at radius 2 is 1.72 bits per heavy atom. The van der Waals surface area contributed by atoms with Crippen molar-refractivity contribution in [3.05, 3.63) is 99.5 Å². The van der Waals surface area contributed by atoms with Crippen LogP contribution >= 0.6 is 0 Å². The van der Waals surface area contributed by atoms with Crippen LogP contribution in [0.3, 0.4) is 0 Å². The minimum Gasteiger partial charge on any atom is -0.348 e. The van der Waals surface area contributed by atoms with Crippen LogP contribution < -0.4 is 10.9 Å². The number of rotatable bonds is 4. The van der Waals surface area contributed by atoms with Gasteiger partial charge in [0.25, 0.3) is 11.5 Å². The zero-order chi connectivity index (χ0) is 20.4. The fraction of sp³-hybridized carbons (Fsp3) is 0.125. The number of H-pyrrole nitrogens is 1. The number of aromatic amines is 1. The molecule has 0 aliphatic carbocycles. The molecule has 2 aromatic carbocycles. The number of fused-ring (bicyclic) bond motifs is 1. The average molecular weight is 383 g/mol. The Labute approximate surface area is 168 Å². The molecule has 5 heteroatoms. The van der Waals surface area contributed by atoms with Crippen molar-refractivity contribution in [1.82, 2.24) is 15.3 Å². The number of hydrogen-bond acceptors (Lipinski definition) is 3. The number of nitrogens with one attached hydrogen (secondary N) is 2. The van der Waals surface area contributed by atoms with E-state index in [0.29, 0.717) is 11.1 Å². The summed E-state index contributed by atoms with van der Waals surface area (Å²) in [5.41, 5.74) is 5.01. The highest BCUT2D eigenvalue weighted by molar-refractivity contribution is 6.07. The van der Waals surface area contributed by atoms with Crippen LogP contribution in [0.1, 0.15) is 27.2 Å². The van der Waals surface area contributed by atoms with Crippen LogP contribution in [-0.4, -0.2) is 15.9 Å². The number of amides is 1. The van der Waals surface area contributed by atoms with Gasteiger partial charge < -0.3 is 10.3 Å². The van der Waals surface area contributed by atoms with E-state index >= 15 is 0 Å². The third kappa shape index (κ3) is 3.80. The van der Waals surface area contributed by atoms with E-state index in [1.165, 1.54) is 0 Å². The molecule has 0 saturated carbocycles. The first-order valence-corrected chi connectivity index (χ1v) is 9.46. The van der Waals surface area contributed by atoms with Crippen molar-refractivity contribution in [2.45, 2.75) is 20.4 Å². The maximum atomic E-state index is 13.1. The summed E-state index contributed by atoms with van der Waals surface area (Å²) in [6.45, 7) is 3.88. The highest BCUT2D eigenvalue weighted by atomic mass is 16.1. The van der Waals surface area contributed by atoms with Gasteiger partial charge in [-0.15, -0.1) is 0 Å². The minimum absolute atomic E-state index is 0.164. The summed E-state index contributed by atoms with van der Waals surface area (Å²) in [6.07, 6.45) is 0. The van der Waals surface area contributed by atoms with Crippen molar-refractivity contribution in [1.29, 1.82) is 0 Å². The third-order valence-corrected chi connectivity index (χ3v) is 4.95. The van der Waals surface area contributed by atoms with Crippen LogP contribution in [0, 0.1) is 13.8 Å². The van der Waals surface area contributed by atoms with Crippen molar-refractivity contribution < 1.29 is 4.79 Å². The maximum absolute atomic E-state index is 13.1. The highest BCUT2D eigenvalue weighted by Crippen LogP contribution is 2.24. The lowest BCUT2D eigenvalue weighted by molar-refractivity contribution is 0.0952. The number of carbonyl (C=O) groups is 1. The second kappa shape index (κ2) is 7.72. The normalized spacial score (nSPS) is 10.8. The fourth-order valence-electron chi connectivity index (χ4n) is 3.49. The quantitative estimate of drug-likeness (QED) is 0.556. The first-order valence-electron chi connectivity index (χ1n) is 9.46. The largest absolute Gasteiger partial charge is 0.348 e. The molecule has 0 spiro atoms. The van der Waals surface area contributed by atoms with Crippen LogP contribution in [0.5, 0.6) is 0 Å². The number of hydrogen-bond donors (Lipinski definition) is 2. The molecule has 4 aromatic rings. The molecule has 2 heterocycles. The molecular weight excluding hydrogens is 362 g/mol. The summed E-state index contributed by atoms with van der Waals surface area (Å²) in [5, 5.41) is 3.68. The molecule has 4 rings (SSSR count).